The number of aliphatic hydroxyl groups is 1. The summed E-state index contributed by atoms with van der Waals surface area (Å²) in [6.45, 7) is 2.30. The maximum atomic E-state index is 13.1. The first-order chi connectivity index (χ1) is 14.6. The van der Waals surface area contributed by atoms with E-state index >= 15 is 0 Å². The maximum Gasteiger partial charge on any atom is 0.418 e. The molecule has 2 N–H and O–H groups in total. The molecule has 1 aromatic rings. The van der Waals surface area contributed by atoms with Gasteiger partial charge in [-0.05, 0) is 19.2 Å². The average Bonchev–Trinajstić information content (AvgIpc) is 2.68. The highest BCUT2D eigenvalue weighted by molar-refractivity contribution is 5.93. The Labute approximate surface area is 179 Å². The number of amides is 2. The van der Waals surface area contributed by atoms with E-state index in [0.717, 1.165) is 6.07 Å². The van der Waals surface area contributed by atoms with E-state index in [2.05, 4.69) is 5.32 Å². The second-order valence-corrected chi connectivity index (χ2v) is 7.55. The number of anilines is 1. The molecule has 2 rings (SSSR count). The van der Waals surface area contributed by atoms with Crippen LogP contribution in [0.4, 0.5) is 18.9 Å². The van der Waals surface area contributed by atoms with Crippen LogP contribution in [0, 0.1) is 0 Å². The minimum atomic E-state index is -4.55. The summed E-state index contributed by atoms with van der Waals surface area (Å²) in [6, 6.07) is 4.84. The molecule has 174 valence electrons. The lowest BCUT2D eigenvalue weighted by Gasteiger charge is -2.35. The number of piperazine rings is 1. The lowest BCUT2D eigenvalue weighted by Crippen LogP contribution is -2.52. The molecule has 1 aliphatic rings. The number of nitrogens with one attached hydrogen (secondary N) is 1. The molecule has 0 spiro atoms. The summed E-state index contributed by atoms with van der Waals surface area (Å²) in [7, 11) is 3.22. The minimum Gasteiger partial charge on any atom is -0.389 e. The largest absolute Gasteiger partial charge is 0.418 e. The van der Waals surface area contributed by atoms with Gasteiger partial charge >= 0.3 is 6.18 Å². The number of para-hydroxylation sites is 1. The third-order valence-corrected chi connectivity index (χ3v) is 4.89. The molecule has 1 fully saturated rings. The van der Waals surface area contributed by atoms with E-state index in [9.17, 15) is 27.9 Å². The van der Waals surface area contributed by atoms with E-state index in [1.54, 1.807) is 21.7 Å². The quantitative estimate of drug-likeness (QED) is 0.582. The van der Waals surface area contributed by atoms with Crippen LogP contribution >= 0.6 is 0 Å². The number of benzene rings is 1. The number of likely N-dealkylation sites (N-methyl/N-ethyl adjacent to an activating group) is 1. The van der Waals surface area contributed by atoms with Gasteiger partial charge in [-0.15, -0.1) is 0 Å². The van der Waals surface area contributed by atoms with Gasteiger partial charge in [-0.2, -0.15) is 13.2 Å². The van der Waals surface area contributed by atoms with Crippen molar-refractivity contribution in [3.05, 3.63) is 29.8 Å². The van der Waals surface area contributed by atoms with Crippen LogP contribution < -0.4 is 5.32 Å². The predicted octanol–water partition coefficient (Wildman–Crippen LogP) is 0.727. The molecule has 0 unspecified atom stereocenters. The molecule has 2 amide bonds. The molecule has 0 saturated carbocycles. The Kier molecular flexibility index (Phi) is 9.23. The Balaban J connectivity index is 1.78. The number of carbonyl (C=O) groups excluding carboxylic acids is 2. The number of nitrogens with zero attached hydrogens (tertiary/aromatic N) is 3. The first-order valence-electron chi connectivity index (χ1n) is 9.92. The van der Waals surface area contributed by atoms with Gasteiger partial charge in [0.15, 0.2) is 0 Å². The van der Waals surface area contributed by atoms with Crippen molar-refractivity contribution in [3.8, 4) is 0 Å². The smallest absolute Gasteiger partial charge is 0.389 e. The zero-order chi connectivity index (χ0) is 23.0. The zero-order valence-corrected chi connectivity index (χ0v) is 17.7. The molecule has 31 heavy (non-hydrogen) atoms. The second kappa shape index (κ2) is 11.4. The van der Waals surface area contributed by atoms with Crippen molar-refractivity contribution in [3.63, 3.8) is 0 Å². The van der Waals surface area contributed by atoms with Crippen molar-refractivity contribution < 1.29 is 32.6 Å². The average molecular weight is 446 g/mol. The highest BCUT2D eigenvalue weighted by atomic mass is 19.4. The Morgan fingerprint density at radius 2 is 1.87 bits per heavy atom. The lowest BCUT2D eigenvalue weighted by atomic mass is 10.1. The second-order valence-electron chi connectivity index (χ2n) is 7.55. The number of hydrogen-bond donors (Lipinski definition) is 2. The number of carbonyl (C=O) groups is 2. The molecular formula is C20H29F3N4O4. The fourth-order valence-electron chi connectivity index (χ4n) is 3.39. The zero-order valence-electron chi connectivity index (χ0n) is 17.7. The van der Waals surface area contributed by atoms with Crippen LogP contribution in [0.5, 0.6) is 0 Å². The SMILES string of the molecule is COC[C@H](O)CN(C)CC(=O)N1CCN(CC(=O)Nc2ccccc2C(F)(F)F)CC1. The minimum absolute atomic E-state index is 0.0582. The normalized spacial score (nSPS) is 16.4. The summed E-state index contributed by atoms with van der Waals surface area (Å²) in [5, 5.41) is 12.1. The molecule has 1 atom stereocenters. The summed E-state index contributed by atoms with van der Waals surface area (Å²) >= 11 is 0. The number of methoxy groups -OCH3 is 1. The van der Waals surface area contributed by atoms with Crippen molar-refractivity contribution >= 4 is 17.5 Å². The van der Waals surface area contributed by atoms with Crippen LogP contribution in [0.15, 0.2) is 24.3 Å². The van der Waals surface area contributed by atoms with Gasteiger partial charge in [-0.25, -0.2) is 0 Å². The Morgan fingerprint density at radius 3 is 2.48 bits per heavy atom. The van der Waals surface area contributed by atoms with E-state index in [0.29, 0.717) is 32.7 Å². The van der Waals surface area contributed by atoms with Crippen LogP contribution in [0.1, 0.15) is 5.56 Å². The van der Waals surface area contributed by atoms with Gasteiger partial charge < -0.3 is 20.1 Å². The molecule has 1 saturated heterocycles. The predicted molar refractivity (Wildman–Crippen MR) is 108 cm³/mol. The van der Waals surface area contributed by atoms with Crippen molar-refractivity contribution in [2.45, 2.75) is 12.3 Å². The van der Waals surface area contributed by atoms with Crippen LogP contribution in [-0.2, 0) is 20.5 Å². The van der Waals surface area contributed by atoms with E-state index in [1.807, 2.05) is 0 Å². The van der Waals surface area contributed by atoms with E-state index in [1.165, 1.54) is 25.3 Å². The Bertz CT molecular complexity index is 739. The van der Waals surface area contributed by atoms with Crippen LogP contribution in [0.2, 0.25) is 0 Å². The molecule has 11 heteroatoms. The molecule has 0 bridgehead atoms. The maximum absolute atomic E-state index is 13.1. The molecule has 8 nitrogen and oxygen atoms in total. The summed E-state index contributed by atoms with van der Waals surface area (Å²) in [4.78, 5) is 29.8. The van der Waals surface area contributed by atoms with Gasteiger partial charge in [0.2, 0.25) is 11.8 Å². The third kappa shape index (κ3) is 8.09. The van der Waals surface area contributed by atoms with Crippen LogP contribution in [0.3, 0.4) is 0 Å². The van der Waals surface area contributed by atoms with Gasteiger partial charge in [0.25, 0.3) is 0 Å². The first-order valence-corrected chi connectivity index (χ1v) is 9.92. The fourth-order valence-corrected chi connectivity index (χ4v) is 3.39. The molecular weight excluding hydrogens is 417 g/mol. The molecule has 1 heterocycles. The highest BCUT2D eigenvalue weighted by Gasteiger charge is 2.33. The van der Waals surface area contributed by atoms with E-state index in [4.69, 9.17) is 4.74 Å². The van der Waals surface area contributed by atoms with Crippen molar-refractivity contribution in [1.82, 2.24) is 14.7 Å². The van der Waals surface area contributed by atoms with Crippen molar-refractivity contribution in [1.29, 1.82) is 0 Å². The van der Waals surface area contributed by atoms with Gasteiger partial charge in [-0.1, -0.05) is 12.1 Å². The standard InChI is InChI=1S/C20H29F3N4O4/c1-25(11-15(28)14-31-2)13-19(30)27-9-7-26(8-10-27)12-18(29)24-17-6-4-3-5-16(17)20(21,22)23/h3-6,15,28H,7-14H2,1-2H3,(H,24,29)/t15-/m1/s1. The van der Waals surface area contributed by atoms with Crippen LogP contribution in [0.25, 0.3) is 0 Å². The summed E-state index contributed by atoms with van der Waals surface area (Å²) < 4.78 is 44.0. The Hall–Kier alpha value is -2.21. The summed E-state index contributed by atoms with van der Waals surface area (Å²) in [5.74, 6) is -0.626. The van der Waals surface area contributed by atoms with Crippen LogP contribution in [-0.4, -0.2) is 104 Å². The molecule has 1 aromatic carbocycles. The topological polar surface area (TPSA) is 85.4 Å². The molecule has 0 radical (unpaired) electrons. The number of alkyl halides is 3. The van der Waals surface area contributed by atoms with Gasteiger partial charge in [-0.3, -0.25) is 19.4 Å². The first kappa shape index (κ1) is 25.1. The van der Waals surface area contributed by atoms with Crippen molar-refractivity contribution in [2.24, 2.45) is 0 Å². The highest BCUT2D eigenvalue weighted by Crippen LogP contribution is 2.34. The number of aliphatic hydroxyl groups excluding tert-OH is 1. The van der Waals surface area contributed by atoms with Gasteiger partial charge in [0, 0.05) is 39.8 Å². The number of rotatable bonds is 9. The van der Waals surface area contributed by atoms with Crippen molar-refractivity contribution in [2.75, 3.05) is 71.9 Å². The monoisotopic (exact) mass is 446 g/mol. The van der Waals surface area contributed by atoms with E-state index < -0.39 is 23.8 Å². The Morgan fingerprint density at radius 1 is 1.23 bits per heavy atom. The van der Waals surface area contributed by atoms with Gasteiger partial charge in [0.1, 0.15) is 0 Å². The lowest BCUT2D eigenvalue weighted by molar-refractivity contribution is -0.137. The molecule has 1 aliphatic heterocycles. The molecule has 0 aliphatic carbocycles. The fraction of sp³-hybridized carbons (Fsp3) is 0.600. The summed E-state index contributed by atoms with van der Waals surface area (Å²) in [6.07, 6.45) is -5.23. The molecule has 0 aromatic heterocycles. The summed E-state index contributed by atoms with van der Waals surface area (Å²) in [5.41, 5.74) is -1.16. The third-order valence-electron chi connectivity index (χ3n) is 4.89. The van der Waals surface area contributed by atoms with Gasteiger partial charge in [0.05, 0.1) is 37.1 Å². The number of hydrogen-bond acceptors (Lipinski definition) is 6. The number of ether oxygens (including phenoxy) is 1. The number of halogens is 3. The van der Waals surface area contributed by atoms with E-state index in [-0.39, 0.29) is 31.3 Å².